The van der Waals surface area contributed by atoms with Crippen molar-refractivity contribution in [2.75, 3.05) is 24.1 Å². The van der Waals surface area contributed by atoms with Gasteiger partial charge in [0.2, 0.25) is 5.82 Å². The van der Waals surface area contributed by atoms with Gasteiger partial charge in [-0.25, -0.2) is 9.97 Å². The number of nitro groups is 1. The van der Waals surface area contributed by atoms with E-state index in [2.05, 4.69) is 51.5 Å². The number of benzene rings is 2. The number of nitriles is 1. The number of nitro benzene ring substituents is 1. The average Bonchev–Trinajstić information content (AvgIpc) is 3.51. The van der Waals surface area contributed by atoms with E-state index in [0.29, 0.717) is 22.4 Å². The number of aromatic nitrogens is 4. The minimum absolute atomic E-state index is 0.0593. The lowest BCUT2D eigenvalue weighted by Gasteiger charge is -2.12. The molecule has 1 aliphatic heterocycles. The van der Waals surface area contributed by atoms with Gasteiger partial charge < -0.3 is 26.3 Å². The lowest BCUT2D eigenvalue weighted by Crippen LogP contribution is -2.26. The third kappa shape index (κ3) is 4.28. The fourth-order valence-corrected chi connectivity index (χ4v) is 4.12. The summed E-state index contributed by atoms with van der Waals surface area (Å²) < 4.78 is 0.905. The number of aromatic amines is 2. The Labute approximate surface area is 195 Å². The number of aryl methyl sites for hydroxylation is 2. The average molecular weight is 511 g/mol. The van der Waals surface area contributed by atoms with Crippen molar-refractivity contribution in [1.82, 2.24) is 25.3 Å². The van der Waals surface area contributed by atoms with E-state index in [0.717, 1.165) is 45.8 Å². The number of anilines is 2. The van der Waals surface area contributed by atoms with Crippen LogP contribution in [0.2, 0.25) is 0 Å². The first-order chi connectivity index (χ1) is 15.8. The van der Waals surface area contributed by atoms with Crippen molar-refractivity contribution in [1.29, 1.82) is 5.26 Å². The molecule has 3 heterocycles. The summed E-state index contributed by atoms with van der Waals surface area (Å²) in [6.45, 7) is 5.25. The van der Waals surface area contributed by atoms with Crippen molar-refractivity contribution in [3.8, 4) is 6.07 Å². The Balaban J connectivity index is 0.000000165. The highest BCUT2D eigenvalue weighted by molar-refractivity contribution is 9.10. The standard InChI is InChI=1S/C12H11BrN6.C8H8N4O2/c1-6-10(19-12-15-2-3-16-12)7(13)4-8-11(6)18-9(5-14)17-8;1-4-6(12(13)14)3-2-5-7(4)11-8(9)10-5/h4H,2-3H2,1H3,(H,17,18)(H2,15,16,19);2-3H,1H3,(H3,9,10,11). The summed E-state index contributed by atoms with van der Waals surface area (Å²) in [6, 6.07) is 6.97. The number of hydrogen-bond donors (Lipinski definition) is 5. The fraction of sp³-hybridized carbons (Fsp3) is 0.200. The smallest absolute Gasteiger partial charge is 0.274 e. The summed E-state index contributed by atoms with van der Waals surface area (Å²) in [6.07, 6.45) is 0. The first kappa shape index (κ1) is 22.0. The van der Waals surface area contributed by atoms with Crippen LogP contribution in [0.5, 0.6) is 0 Å². The van der Waals surface area contributed by atoms with Crippen LogP contribution in [0.1, 0.15) is 17.0 Å². The van der Waals surface area contributed by atoms with E-state index in [-0.39, 0.29) is 11.6 Å². The van der Waals surface area contributed by atoms with Crippen LogP contribution in [0.4, 0.5) is 17.3 Å². The van der Waals surface area contributed by atoms with Crippen molar-refractivity contribution in [3.05, 3.63) is 49.7 Å². The molecule has 1 aliphatic rings. The Bertz CT molecular complexity index is 1460. The molecule has 0 atom stereocenters. The minimum Gasteiger partial charge on any atom is -0.369 e. The maximum Gasteiger partial charge on any atom is 0.274 e. The molecular formula is C20H19BrN10O2. The molecule has 12 nitrogen and oxygen atoms in total. The zero-order valence-electron chi connectivity index (χ0n) is 17.7. The van der Waals surface area contributed by atoms with Gasteiger partial charge in [-0.3, -0.25) is 15.1 Å². The van der Waals surface area contributed by atoms with Crippen molar-refractivity contribution in [2.45, 2.75) is 13.8 Å². The Kier molecular flexibility index (Phi) is 5.84. The number of guanidine groups is 1. The van der Waals surface area contributed by atoms with Crippen LogP contribution in [0.25, 0.3) is 22.1 Å². The Hall–Kier alpha value is -4.18. The molecule has 0 saturated carbocycles. The van der Waals surface area contributed by atoms with Gasteiger partial charge in [0, 0.05) is 22.6 Å². The first-order valence-corrected chi connectivity index (χ1v) is 10.6. The van der Waals surface area contributed by atoms with E-state index < -0.39 is 4.92 Å². The van der Waals surface area contributed by atoms with Gasteiger partial charge in [0.25, 0.3) is 5.69 Å². The van der Waals surface area contributed by atoms with E-state index in [4.69, 9.17) is 11.0 Å². The topological polar surface area (TPSA) is 187 Å². The van der Waals surface area contributed by atoms with Gasteiger partial charge in [0.1, 0.15) is 11.6 Å². The van der Waals surface area contributed by atoms with Crippen molar-refractivity contribution < 1.29 is 4.92 Å². The summed E-state index contributed by atoms with van der Waals surface area (Å²) in [7, 11) is 0. The highest BCUT2D eigenvalue weighted by Crippen LogP contribution is 2.32. The van der Waals surface area contributed by atoms with Crippen LogP contribution in [-0.2, 0) is 0 Å². The molecule has 0 amide bonds. The predicted octanol–water partition coefficient (Wildman–Crippen LogP) is 3.24. The third-order valence-electron chi connectivity index (χ3n) is 5.09. The number of nitrogens with one attached hydrogen (secondary N) is 4. The molecule has 2 aromatic carbocycles. The van der Waals surface area contributed by atoms with Crippen LogP contribution < -0.4 is 16.4 Å². The summed E-state index contributed by atoms with van der Waals surface area (Å²) in [5.74, 6) is 1.35. The predicted molar refractivity (Wildman–Crippen MR) is 129 cm³/mol. The lowest BCUT2D eigenvalue weighted by molar-refractivity contribution is -0.385. The molecule has 5 rings (SSSR count). The monoisotopic (exact) mass is 510 g/mol. The molecule has 4 aromatic rings. The normalized spacial score (nSPS) is 12.6. The summed E-state index contributed by atoms with van der Waals surface area (Å²) in [5.41, 5.74) is 10.8. The van der Waals surface area contributed by atoms with Gasteiger partial charge in [-0.15, -0.1) is 0 Å². The number of imidazole rings is 2. The fourth-order valence-electron chi connectivity index (χ4n) is 3.50. The lowest BCUT2D eigenvalue weighted by atomic mass is 10.1. The number of rotatable bonds is 2. The SMILES string of the molecule is Cc1c(NC2=NCCN2)c(Br)cc2[nH]c(C#N)nc12.Cc1c([N+](=O)[O-])ccc2[nH]c(N)nc12. The Morgan fingerprint density at radius 3 is 2.64 bits per heavy atom. The number of fused-ring (bicyclic) bond motifs is 2. The molecule has 0 radical (unpaired) electrons. The molecule has 2 aromatic heterocycles. The van der Waals surface area contributed by atoms with E-state index in [9.17, 15) is 10.1 Å². The van der Waals surface area contributed by atoms with E-state index in [1.54, 1.807) is 13.0 Å². The molecular weight excluding hydrogens is 492 g/mol. The highest BCUT2D eigenvalue weighted by atomic mass is 79.9. The molecule has 168 valence electrons. The van der Waals surface area contributed by atoms with Crippen LogP contribution in [0.3, 0.4) is 0 Å². The van der Waals surface area contributed by atoms with Gasteiger partial charge in [0.15, 0.2) is 11.9 Å². The maximum atomic E-state index is 10.6. The van der Waals surface area contributed by atoms with Crippen LogP contribution in [0, 0.1) is 35.3 Å². The molecule has 0 aliphatic carbocycles. The molecule has 0 saturated heterocycles. The van der Waals surface area contributed by atoms with Crippen molar-refractivity contribution >= 4 is 61.3 Å². The zero-order valence-corrected chi connectivity index (χ0v) is 19.2. The van der Waals surface area contributed by atoms with Crippen molar-refractivity contribution in [2.24, 2.45) is 4.99 Å². The van der Waals surface area contributed by atoms with Crippen LogP contribution in [0.15, 0.2) is 27.7 Å². The van der Waals surface area contributed by atoms with Gasteiger partial charge in [-0.1, -0.05) is 0 Å². The molecule has 0 unspecified atom stereocenters. The summed E-state index contributed by atoms with van der Waals surface area (Å²) in [4.78, 5) is 28.5. The Morgan fingerprint density at radius 1 is 1.21 bits per heavy atom. The van der Waals surface area contributed by atoms with Crippen molar-refractivity contribution in [3.63, 3.8) is 0 Å². The highest BCUT2D eigenvalue weighted by Gasteiger charge is 2.16. The number of nitrogen functional groups attached to an aromatic ring is 1. The molecule has 0 fully saturated rings. The quantitative estimate of drug-likeness (QED) is 0.200. The van der Waals surface area contributed by atoms with Crippen LogP contribution >= 0.6 is 15.9 Å². The van der Waals surface area contributed by atoms with Gasteiger partial charge >= 0.3 is 0 Å². The molecule has 33 heavy (non-hydrogen) atoms. The molecule has 0 bridgehead atoms. The number of nitrogens with two attached hydrogens (primary N) is 1. The summed E-state index contributed by atoms with van der Waals surface area (Å²) >= 11 is 3.53. The second-order valence-corrected chi connectivity index (χ2v) is 8.07. The molecule has 13 heteroatoms. The minimum atomic E-state index is -0.431. The zero-order chi connectivity index (χ0) is 23.7. The third-order valence-corrected chi connectivity index (χ3v) is 5.71. The number of halogens is 1. The van der Waals surface area contributed by atoms with Gasteiger partial charge in [-0.05, 0) is 41.9 Å². The first-order valence-electron chi connectivity index (χ1n) is 9.82. The number of aliphatic imine (C=N–C) groups is 1. The van der Waals surface area contributed by atoms with Gasteiger partial charge in [-0.2, -0.15) is 5.26 Å². The van der Waals surface area contributed by atoms with Gasteiger partial charge in [0.05, 0.1) is 39.3 Å². The largest absolute Gasteiger partial charge is 0.369 e. The maximum absolute atomic E-state index is 10.6. The number of hydrogen-bond acceptors (Lipinski definition) is 9. The van der Waals surface area contributed by atoms with E-state index in [1.165, 1.54) is 6.07 Å². The second kappa shape index (κ2) is 8.75. The Morgan fingerprint density at radius 2 is 1.97 bits per heavy atom. The van der Waals surface area contributed by atoms with E-state index in [1.807, 2.05) is 19.1 Å². The van der Waals surface area contributed by atoms with E-state index >= 15 is 0 Å². The summed E-state index contributed by atoms with van der Waals surface area (Å²) in [5, 5.41) is 25.9. The molecule has 0 spiro atoms. The second-order valence-electron chi connectivity index (χ2n) is 7.22. The number of H-pyrrole nitrogens is 2. The number of nitrogens with zero attached hydrogens (tertiary/aromatic N) is 5. The molecule has 6 N–H and O–H groups in total. The van der Waals surface area contributed by atoms with Crippen LogP contribution in [-0.4, -0.2) is 43.9 Å².